The largest absolute Gasteiger partial charge is 0.485 e. The highest BCUT2D eigenvalue weighted by molar-refractivity contribution is 7.99. The number of carbonyl (C=O) groups excluding carboxylic acids is 3. The molecule has 0 aliphatic carbocycles. The van der Waals surface area contributed by atoms with Crippen LogP contribution in [0.5, 0.6) is 5.75 Å². The molecule has 2 amide bonds. The number of nitrogens with zero attached hydrogens (tertiary/aromatic N) is 3. The van der Waals surface area contributed by atoms with Crippen molar-refractivity contribution in [2.75, 3.05) is 17.7 Å². The normalized spacial score (nSPS) is 10.7. The van der Waals surface area contributed by atoms with Crippen molar-refractivity contribution in [3.05, 3.63) is 63.8 Å². The topological polar surface area (TPSA) is 138 Å². The zero-order chi connectivity index (χ0) is 27.1. The number of nitrogens with two attached hydrogens (primary N) is 1. The van der Waals surface area contributed by atoms with Gasteiger partial charge in [0.1, 0.15) is 17.4 Å². The fraction of sp³-hybridized carbons (Fsp3) is 0.320. The highest BCUT2D eigenvalue weighted by atomic mass is 32.2. The lowest BCUT2D eigenvalue weighted by molar-refractivity contribution is -0.113. The summed E-state index contributed by atoms with van der Waals surface area (Å²) in [5, 5.41) is 11.9. The van der Waals surface area contributed by atoms with Crippen LogP contribution in [0.15, 0.2) is 36.0 Å². The average molecular weight is 544 g/mol. The number of amides is 2. The highest BCUT2D eigenvalue weighted by Gasteiger charge is 2.26. The predicted octanol–water partition coefficient (Wildman–Crippen LogP) is 4.04. The number of aromatic nitrogens is 3. The van der Waals surface area contributed by atoms with E-state index < -0.39 is 17.8 Å². The van der Waals surface area contributed by atoms with E-state index in [9.17, 15) is 14.4 Å². The molecule has 12 heteroatoms. The van der Waals surface area contributed by atoms with Gasteiger partial charge in [0.15, 0.2) is 11.0 Å². The molecular formula is C25H29N5O5S2. The fourth-order valence-electron chi connectivity index (χ4n) is 3.43. The monoisotopic (exact) mass is 543 g/mol. The molecule has 0 spiro atoms. The lowest BCUT2D eigenvalue weighted by atomic mass is 10.1. The van der Waals surface area contributed by atoms with Crippen LogP contribution >= 0.6 is 23.1 Å². The number of hydrogen-bond donors (Lipinski definition) is 2. The molecule has 0 aliphatic heterocycles. The first-order valence-electron chi connectivity index (χ1n) is 11.4. The summed E-state index contributed by atoms with van der Waals surface area (Å²) >= 11 is 2.12. The first kappa shape index (κ1) is 27.9. The molecule has 37 heavy (non-hydrogen) atoms. The number of benzene rings is 1. The second kappa shape index (κ2) is 12.5. The van der Waals surface area contributed by atoms with Crippen molar-refractivity contribution in [3.8, 4) is 5.75 Å². The summed E-state index contributed by atoms with van der Waals surface area (Å²) in [6.07, 6.45) is 1.71. The van der Waals surface area contributed by atoms with Crippen LogP contribution in [-0.4, -0.2) is 44.9 Å². The van der Waals surface area contributed by atoms with Gasteiger partial charge in [-0.15, -0.1) is 28.1 Å². The number of allylic oxidation sites excluding steroid dienone is 1. The van der Waals surface area contributed by atoms with Gasteiger partial charge in [-0.1, -0.05) is 30.0 Å². The Hall–Kier alpha value is -3.64. The Kier molecular flexibility index (Phi) is 9.48. The Morgan fingerprint density at radius 3 is 2.68 bits per heavy atom. The highest BCUT2D eigenvalue weighted by Crippen LogP contribution is 2.34. The molecule has 2 heterocycles. The third-order valence-electron chi connectivity index (χ3n) is 5.24. The van der Waals surface area contributed by atoms with Gasteiger partial charge < -0.3 is 20.5 Å². The van der Waals surface area contributed by atoms with Gasteiger partial charge in [-0.3, -0.25) is 14.2 Å². The molecule has 0 atom stereocenters. The third kappa shape index (κ3) is 6.77. The second-order valence-electron chi connectivity index (χ2n) is 8.04. The van der Waals surface area contributed by atoms with E-state index >= 15 is 0 Å². The first-order chi connectivity index (χ1) is 17.7. The van der Waals surface area contributed by atoms with E-state index in [4.69, 9.17) is 15.2 Å². The number of hydrogen-bond acceptors (Lipinski definition) is 9. The van der Waals surface area contributed by atoms with Crippen LogP contribution < -0.4 is 15.8 Å². The Morgan fingerprint density at radius 2 is 2.00 bits per heavy atom. The Labute approximate surface area is 223 Å². The summed E-state index contributed by atoms with van der Waals surface area (Å²) < 4.78 is 12.9. The molecule has 3 rings (SSSR count). The minimum Gasteiger partial charge on any atom is -0.485 e. The smallest absolute Gasteiger partial charge is 0.341 e. The maximum Gasteiger partial charge on any atom is 0.341 e. The summed E-state index contributed by atoms with van der Waals surface area (Å²) in [6.45, 7) is 11.8. The molecule has 1 aromatic carbocycles. The minimum absolute atomic E-state index is 0.0156. The van der Waals surface area contributed by atoms with Gasteiger partial charge >= 0.3 is 5.97 Å². The minimum atomic E-state index is -0.684. The van der Waals surface area contributed by atoms with Gasteiger partial charge in [0.2, 0.25) is 5.91 Å². The Bertz CT molecular complexity index is 1330. The zero-order valence-corrected chi connectivity index (χ0v) is 22.8. The van der Waals surface area contributed by atoms with Crippen molar-refractivity contribution < 1.29 is 23.9 Å². The molecule has 0 saturated heterocycles. The molecule has 0 saturated carbocycles. The van der Waals surface area contributed by atoms with Gasteiger partial charge in [0, 0.05) is 6.54 Å². The molecule has 0 fully saturated rings. The number of nitrogens with one attached hydrogen (secondary N) is 1. The van der Waals surface area contributed by atoms with Crippen LogP contribution in [0.25, 0.3) is 0 Å². The maximum absolute atomic E-state index is 12.8. The molecule has 0 unspecified atom stereocenters. The molecule has 2 aromatic heterocycles. The number of esters is 1. The molecular weight excluding hydrogens is 514 g/mol. The van der Waals surface area contributed by atoms with Gasteiger partial charge in [0.05, 0.1) is 22.8 Å². The molecule has 3 aromatic rings. The van der Waals surface area contributed by atoms with Gasteiger partial charge in [-0.25, -0.2) is 4.79 Å². The lowest BCUT2D eigenvalue weighted by Gasteiger charge is -2.11. The zero-order valence-electron chi connectivity index (χ0n) is 21.1. The first-order valence-corrected chi connectivity index (χ1v) is 13.2. The molecule has 196 valence electrons. The Balaban J connectivity index is 1.72. The lowest BCUT2D eigenvalue weighted by Crippen LogP contribution is -2.17. The van der Waals surface area contributed by atoms with E-state index in [0.29, 0.717) is 23.1 Å². The molecule has 10 nitrogen and oxygen atoms in total. The number of primary amides is 1. The summed E-state index contributed by atoms with van der Waals surface area (Å²) in [7, 11) is 0. The van der Waals surface area contributed by atoms with Crippen molar-refractivity contribution in [3.63, 3.8) is 0 Å². The van der Waals surface area contributed by atoms with Gasteiger partial charge in [-0.05, 0) is 50.5 Å². The van der Waals surface area contributed by atoms with Crippen molar-refractivity contribution in [2.24, 2.45) is 5.73 Å². The van der Waals surface area contributed by atoms with Crippen LogP contribution in [0.2, 0.25) is 0 Å². The van der Waals surface area contributed by atoms with Gasteiger partial charge in [0.25, 0.3) is 5.91 Å². The van der Waals surface area contributed by atoms with E-state index in [0.717, 1.165) is 28.2 Å². The number of rotatable bonds is 12. The van der Waals surface area contributed by atoms with Crippen molar-refractivity contribution in [1.29, 1.82) is 0 Å². The van der Waals surface area contributed by atoms with E-state index in [-0.39, 0.29) is 34.4 Å². The third-order valence-corrected chi connectivity index (χ3v) is 7.43. The number of carbonyl (C=O) groups is 3. The van der Waals surface area contributed by atoms with E-state index in [1.165, 1.54) is 11.8 Å². The number of aryl methyl sites for hydroxylation is 2. The SMILES string of the molecule is C=CCn1c(COc2cc(C)ccc2C)nnc1SCC(=O)Nc1sc(C(N)=O)c(C)c1C(=O)OCC. The number of thiophene rings is 1. The van der Waals surface area contributed by atoms with Crippen molar-refractivity contribution in [1.82, 2.24) is 14.8 Å². The van der Waals surface area contributed by atoms with Crippen LogP contribution in [0, 0.1) is 20.8 Å². The average Bonchev–Trinajstić information content (AvgIpc) is 3.38. The number of thioether (sulfide) groups is 1. The Morgan fingerprint density at radius 1 is 1.24 bits per heavy atom. The summed E-state index contributed by atoms with van der Waals surface area (Å²) in [4.78, 5) is 37.2. The summed E-state index contributed by atoms with van der Waals surface area (Å²) in [5.74, 6) is -0.372. The maximum atomic E-state index is 12.8. The fourth-order valence-corrected chi connectivity index (χ4v) is 5.26. The van der Waals surface area contributed by atoms with E-state index in [1.54, 1.807) is 19.9 Å². The molecule has 0 radical (unpaired) electrons. The van der Waals surface area contributed by atoms with E-state index in [2.05, 4.69) is 22.1 Å². The van der Waals surface area contributed by atoms with Crippen molar-refractivity contribution >= 4 is 45.9 Å². The molecule has 3 N–H and O–H groups in total. The van der Waals surface area contributed by atoms with Crippen LogP contribution in [0.3, 0.4) is 0 Å². The quantitative estimate of drug-likeness (QED) is 0.198. The second-order valence-corrected chi connectivity index (χ2v) is 10.0. The number of ether oxygens (including phenoxy) is 2. The number of anilines is 1. The van der Waals surface area contributed by atoms with Gasteiger partial charge in [-0.2, -0.15) is 0 Å². The predicted molar refractivity (Wildman–Crippen MR) is 143 cm³/mol. The van der Waals surface area contributed by atoms with E-state index in [1.807, 2.05) is 36.6 Å². The summed E-state index contributed by atoms with van der Waals surface area (Å²) in [6, 6.07) is 5.97. The van der Waals surface area contributed by atoms with Crippen LogP contribution in [0.1, 0.15) is 49.5 Å². The standard InChI is InChI=1S/C25H29N5O5S2/c1-6-10-30-18(12-35-17-11-14(3)8-9-15(17)4)28-29-25(30)36-13-19(31)27-23-20(24(33)34-7-2)16(5)21(37-23)22(26)32/h6,8-9,11H,1,7,10,12-13H2,2-5H3,(H2,26,32)(H,27,31). The van der Waals surface area contributed by atoms with Crippen molar-refractivity contribution in [2.45, 2.75) is 46.0 Å². The van der Waals surface area contributed by atoms with Crippen LogP contribution in [-0.2, 0) is 22.7 Å². The summed E-state index contributed by atoms with van der Waals surface area (Å²) in [5.41, 5.74) is 8.02. The molecule has 0 aliphatic rings. The van der Waals surface area contributed by atoms with Crippen LogP contribution in [0.4, 0.5) is 5.00 Å². The molecule has 0 bridgehead atoms.